The van der Waals surface area contributed by atoms with E-state index in [2.05, 4.69) is 39.0 Å². The number of anilines is 2. The quantitative estimate of drug-likeness (QED) is 0.901. The minimum absolute atomic E-state index is 0.143. The van der Waals surface area contributed by atoms with Gasteiger partial charge >= 0.3 is 0 Å². The summed E-state index contributed by atoms with van der Waals surface area (Å²) < 4.78 is 14.5. The van der Waals surface area contributed by atoms with E-state index in [1.165, 1.54) is 17.2 Å². The summed E-state index contributed by atoms with van der Waals surface area (Å²) in [6, 6.07) is 11.5. The van der Waals surface area contributed by atoms with E-state index in [1.54, 1.807) is 6.07 Å². The molecule has 1 aliphatic rings. The highest BCUT2D eigenvalue weighted by Crippen LogP contribution is 2.39. The Hall–Kier alpha value is -1.39. The molecule has 4 heteroatoms. The Morgan fingerprint density at radius 2 is 2.05 bits per heavy atom. The molecule has 1 unspecified atom stereocenters. The second-order valence-corrected chi connectivity index (χ2v) is 6.50. The lowest BCUT2D eigenvalue weighted by molar-refractivity contribution is 0.628. The average molecular weight is 349 g/mol. The fraction of sp³-hybridized carbons (Fsp3) is 0.294. The number of benzene rings is 2. The van der Waals surface area contributed by atoms with Crippen molar-refractivity contribution < 1.29 is 4.39 Å². The third-order valence-electron chi connectivity index (χ3n) is 3.80. The largest absolute Gasteiger partial charge is 0.340 e. The first-order valence-corrected chi connectivity index (χ1v) is 7.94. The number of hydrogen-bond acceptors (Lipinski definition) is 2. The van der Waals surface area contributed by atoms with Crippen molar-refractivity contribution in [2.45, 2.75) is 25.8 Å². The molecule has 1 aliphatic heterocycles. The molecule has 0 fully saturated rings. The van der Waals surface area contributed by atoms with Gasteiger partial charge in [-0.25, -0.2) is 4.39 Å². The molecule has 2 aromatic carbocycles. The normalized spacial score (nSPS) is 15.1. The molecule has 0 radical (unpaired) electrons. The minimum Gasteiger partial charge on any atom is -0.340 e. The van der Waals surface area contributed by atoms with Crippen LogP contribution in [0, 0.1) is 5.82 Å². The summed E-state index contributed by atoms with van der Waals surface area (Å²) in [6.07, 6.45) is 1.80. The summed E-state index contributed by atoms with van der Waals surface area (Å²) in [4.78, 5) is 2.16. The SMILES string of the molecule is CC(N)Cc1ccc(N2CCc3ccc(F)cc32)c(Br)c1. The lowest BCUT2D eigenvalue weighted by atomic mass is 10.1. The predicted octanol–water partition coefficient (Wildman–Crippen LogP) is 4.17. The van der Waals surface area contributed by atoms with Crippen molar-refractivity contribution in [3.05, 3.63) is 57.8 Å². The van der Waals surface area contributed by atoms with Crippen LogP contribution in [0.3, 0.4) is 0 Å². The van der Waals surface area contributed by atoms with Crippen molar-refractivity contribution in [1.82, 2.24) is 0 Å². The van der Waals surface area contributed by atoms with E-state index in [4.69, 9.17) is 5.73 Å². The van der Waals surface area contributed by atoms with Crippen molar-refractivity contribution >= 4 is 27.3 Å². The van der Waals surface area contributed by atoms with Crippen molar-refractivity contribution in [2.24, 2.45) is 5.73 Å². The maximum atomic E-state index is 13.5. The molecular formula is C17H18BrFN2. The average Bonchev–Trinajstić information content (AvgIpc) is 2.81. The van der Waals surface area contributed by atoms with Gasteiger partial charge in [0.15, 0.2) is 0 Å². The third-order valence-corrected chi connectivity index (χ3v) is 4.44. The van der Waals surface area contributed by atoms with E-state index in [0.29, 0.717) is 0 Å². The fourth-order valence-electron chi connectivity index (χ4n) is 2.87. The van der Waals surface area contributed by atoms with E-state index < -0.39 is 0 Å². The van der Waals surface area contributed by atoms with Crippen molar-refractivity contribution in [2.75, 3.05) is 11.4 Å². The van der Waals surface area contributed by atoms with Crippen LogP contribution in [0.1, 0.15) is 18.1 Å². The predicted molar refractivity (Wildman–Crippen MR) is 88.6 cm³/mol. The van der Waals surface area contributed by atoms with Gasteiger partial charge in [0.2, 0.25) is 0 Å². The van der Waals surface area contributed by atoms with Crippen LogP contribution in [-0.4, -0.2) is 12.6 Å². The zero-order chi connectivity index (χ0) is 15.0. The van der Waals surface area contributed by atoms with Gasteiger partial charge in [0.05, 0.1) is 5.69 Å². The van der Waals surface area contributed by atoms with Crippen LogP contribution in [0.25, 0.3) is 0 Å². The summed E-state index contributed by atoms with van der Waals surface area (Å²) in [7, 11) is 0. The Bertz CT molecular complexity index is 670. The van der Waals surface area contributed by atoms with Crippen LogP contribution >= 0.6 is 15.9 Å². The van der Waals surface area contributed by atoms with Crippen molar-refractivity contribution in [1.29, 1.82) is 0 Å². The van der Waals surface area contributed by atoms with Crippen LogP contribution < -0.4 is 10.6 Å². The highest BCUT2D eigenvalue weighted by atomic mass is 79.9. The number of halogens is 2. The molecule has 1 atom stereocenters. The summed E-state index contributed by atoms with van der Waals surface area (Å²) in [6.45, 7) is 2.88. The number of nitrogens with zero attached hydrogens (tertiary/aromatic N) is 1. The van der Waals surface area contributed by atoms with Gasteiger partial charge in [0.25, 0.3) is 0 Å². The van der Waals surface area contributed by atoms with E-state index >= 15 is 0 Å². The molecule has 110 valence electrons. The van der Waals surface area contributed by atoms with Crippen LogP contribution in [-0.2, 0) is 12.8 Å². The van der Waals surface area contributed by atoms with E-state index in [-0.39, 0.29) is 11.9 Å². The second-order valence-electron chi connectivity index (χ2n) is 5.64. The maximum Gasteiger partial charge on any atom is 0.125 e. The van der Waals surface area contributed by atoms with Crippen LogP contribution in [0.4, 0.5) is 15.8 Å². The Morgan fingerprint density at radius 1 is 1.24 bits per heavy atom. The van der Waals surface area contributed by atoms with Crippen molar-refractivity contribution in [3.8, 4) is 0 Å². The zero-order valence-electron chi connectivity index (χ0n) is 11.9. The molecule has 2 aromatic rings. The summed E-state index contributed by atoms with van der Waals surface area (Å²) in [5.41, 5.74) is 10.3. The van der Waals surface area contributed by atoms with Gasteiger partial charge < -0.3 is 10.6 Å². The lowest BCUT2D eigenvalue weighted by Crippen LogP contribution is -2.18. The molecule has 0 saturated heterocycles. The zero-order valence-corrected chi connectivity index (χ0v) is 13.5. The van der Waals surface area contributed by atoms with E-state index in [0.717, 1.165) is 35.2 Å². The minimum atomic E-state index is -0.189. The van der Waals surface area contributed by atoms with Crippen LogP contribution in [0.15, 0.2) is 40.9 Å². The maximum absolute atomic E-state index is 13.5. The van der Waals surface area contributed by atoms with Gasteiger partial charge in [0.1, 0.15) is 5.82 Å². The topological polar surface area (TPSA) is 29.3 Å². The standard InChI is InChI=1S/C17H18BrFN2/c1-11(20)8-12-2-5-16(15(18)9-12)21-7-6-13-3-4-14(19)10-17(13)21/h2-5,9-11H,6-8,20H2,1H3. The van der Waals surface area contributed by atoms with Gasteiger partial charge in [0, 0.05) is 22.7 Å². The molecule has 0 saturated carbocycles. The first-order chi connectivity index (χ1) is 10.0. The highest BCUT2D eigenvalue weighted by molar-refractivity contribution is 9.10. The number of hydrogen-bond donors (Lipinski definition) is 1. The Kier molecular flexibility index (Phi) is 4.00. The highest BCUT2D eigenvalue weighted by Gasteiger charge is 2.22. The smallest absolute Gasteiger partial charge is 0.125 e. The third kappa shape index (κ3) is 2.97. The molecule has 21 heavy (non-hydrogen) atoms. The fourth-order valence-corrected chi connectivity index (χ4v) is 3.51. The first kappa shape index (κ1) is 14.5. The van der Waals surface area contributed by atoms with Crippen LogP contribution in [0.2, 0.25) is 0 Å². The first-order valence-electron chi connectivity index (χ1n) is 7.14. The number of nitrogens with two attached hydrogens (primary N) is 1. The molecule has 0 spiro atoms. The summed E-state index contributed by atoms with van der Waals surface area (Å²) in [5.74, 6) is -0.189. The second kappa shape index (κ2) is 5.78. The summed E-state index contributed by atoms with van der Waals surface area (Å²) >= 11 is 3.64. The monoisotopic (exact) mass is 348 g/mol. The van der Waals surface area contributed by atoms with Gasteiger partial charge in [-0.3, -0.25) is 0 Å². The molecule has 1 heterocycles. The summed E-state index contributed by atoms with van der Waals surface area (Å²) in [5, 5.41) is 0. The van der Waals surface area contributed by atoms with Gasteiger partial charge in [-0.05, 0) is 71.1 Å². The molecule has 0 aromatic heterocycles. The van der Waals surface area contributed by atoms with Gasteiger partial charge in [-0.15, -0.1) is 0 Å². The molecule has 2 nitrogen and oxygen atoms in total. The molecule has 2 N–H and O–H groups in total. The van der Waals surface area contributed by atoms with Crippen molar-refractivity contribution in [3.63, 3.8) is 0 Å². The molecule has 0 bridgehead atoms. The number of fused-ring (bicyclic) bond motifs is 1. The molecule has 3 rings (SSSR count). The number of rotatable bonds is 3. The van der Waals surface area contributed by atoms with Gasteiger partial charge in [-0.1, -0.05) is 12.1 Å². The van der Waals surface area contributed by atoms with E-state index in [1.807, 2.05) is 13.0 Å². The Morgan fingerprint density at radius 3 is 2.76 bits per heavy atom. The molecular weight excluding hydrogens is 331 g/mol. The Balaban J connectivity index is 1.94. The lowest BCUT2D eigenvalue weighted by Gasteiger charge is -2.22. The van der Waals surface area contributed by atoms with Crippen LogP contribution in [0.5, 0.6) is 0 Å². The molecule has 0 aliphatic carbocycles. The van der Waals surface area contributed by atoms with E-state index in [9.17, 15) is 4.39 Å². The van der Waals surface area contributed by atoms with Gasteiger partial charge in [-0.2, -0.15) is 0 Å². The molecule has 0 amide bonds. The Labute approximate surface area is 132 Å².